The van der Waals surface area contributed by atoms with Crippen LogP contribution in [0, 0.1) is 11.2 Å². The molecule has 39 heavy (non-hydrogen) atoms. The zero-order valence-corrected chi connectivity index (χ0v) is 23.0. The molecule has 2 heterocycles. The van der Waals surface area contributed by atoms with Crippen LogP contribution in [0.4, 0.5) is 14.9 Å². The summed E-state index contributed by atoms with van der Waals surface area (Å²) in [5.41, 5.74) is 7.10. The first-order chi connectivity index (χ1) is 18.3. The number of ketones is 1. The van der Waals surface area contributed by atoms with Crippen LogP contribution < -0.4 is 25.4 Å². The van der Waals surface area contributed by atoms with E-state index in [1.54, 1.807) is 19.1 Å². The quantitative estimate of drug-likeness (QED) is 0.480. The van der Waals surface area contributed by atoms with E-state index in [0.717, 1.165) is 5.56 Å². The number of amides is 3. The Labute approximate surface area is 226 Å². The molecule has 2 aromatic rings. The highest BCUT2D eigenvalue weighted by molar-refractivity contribution is 6.08. The molecule has 2 aromatic carbocycles. The molecule has 0 saturated heterocycles. The number of carbonyl (C=O) groups excluding carboxylic acids is 3. The predicted octanol–water partition coefficient (Wildman–Crippen LogP) is 3.57. The molecule has 1 unspecified atom stereocenters. The SMILES string of the molecule is CCOc1c(C(=O)NC)cc2c(c1F)CN(CC(=O)c1cc3c(c(C(C)(C)C)c1)OC(C)CN3C(N)=O)C2=N. The molecule has 4 rings (SSSR count). The van der Waals surface area contributed by atoms with Crippen LogP contribution in [0.3, 0.4) is 0 Å². The lowest BCUT2D eigenvalue weighted by atomic mass is 9.84. The Morgan fingerprint density at radius 1 is 1.26 bits per heavy atom. The first-order valence-electron chi connectivity index (χ1n) is 12.8. The minimum absolute atomic E-state index is 0.0150. The Balaban J connectivity index is 1.71. The first-order valence-corrected chi connectivity index (χ1v) is 12.8. The molecule has 11 heteroatoms. The Morgan fingerprint density at radius 2 is 1.95 bits per heavy atom. The summed E-state index contributed by atoms with van der Waals surface area (Å²) < 4.78 is 27.0. The number of fused-ring (bicyclic) bond motifs is 2. The van der Waals surface area contributed by atoms with Crippen molar-refractivity contribution >= 4 is 29.2 Å². The fraction of sp³-hybridized carbons (Fsp3) is 0.429. The van der Waals surface area contributed by atoms with Crippen LogP contribution >= 0.6 is 0 Å². The van der Waals surface area contributed by atoms with E-state index >= 15 is 4.39 Å². The number of nitrogens with two attached hydrogens (primary N) is 1. The maximum atomic E-state index is 15.5. The number of nitrogens with zero attached hydrogens (tertiary/aromatic N) is 2. The highest BCUT2D eigenvalue weighted by atomic mass is 19.1. The summed E-state index contributed by atoms with van der Waals surface area (Å²) in [5, 5.41) is 11.1. The molecule has 2 aliphatic heterocycles. The van der Waals surface area contributed by atoms with E-state index in [2.05, 4.69) is 5.32 Å². The maximum Gasteiger partial charge on any atom is 0.319 e. The van der Waals surface area contributed by atoms with Crippen molar-refractivity contribution in [3.8, 4) is 11.5 Å². The maximum absolute atomic E-state index is 15.5. The van der Waals surface area contributed by atoms with E-state index in [9.17, 15) is 14.4 Å². The van der Waals surface area contributed by atoms with Crippen molar-refractivity contribution in [2.24, 2.45) is 5.73 Å². The van der Waals surface area contributed by atoms with Crippen LogP contribution in [0.25, 0.3) is 0 Å². The standard InChI is InChI=1S/C28H34FN5O5/c1-7-38-23-17(26(36)32-6)10-16-18(22(23)29)12-33(25(16)30)13-21(35)15-8-19(28(3,4)5)24-20(9-15)34(27(31)37)11-14(2)39-24/h8-10,14,30H,7,11-13H2,1-6H3,(H2,31,37)(H,32,36). The van der Waals surface area contributed by atoms with Crippen LogP contribution in [-0.2, 0) is 12.0 Å². The molecule has 0 saturated carbocycles. The van der Waals surface area contributed by atoms with E-state index in [-0.39, 0.29) is 66.4 Å². The number of urea groups is 1. The Bertz CT molecular complexity index is 1380. The van der Waals surface area contributed by atoms with Crippen LogP contribution in [0.5, 0.6) is 11.5 Å². The molecule has 2 aliphatic rings. The van der Waals surface area contributed by atoms with Crippen molar-refractivity contribution in [1.82, 2.24) is 10.2 Å². The van der Waals surface area contributed by atoms with Gasteiger partial charge in [0.05, 0.1) is 30.9 Å². The number of hydrogen-bond donors (Lipinski definition) is 3. The number of carbonyl (C=O) groups is 3. The predicted molar refractivity (Wildman–Crippen MR) is 145 cm³/mol. The second-order valence-electron chi connectivity index (χ2n) is 10.7. The number of Topliss-reactive ketones (excluding diaryl/α,β-unsaturated/α-hetero) is 1. The van der Waals surface area contributed by atoms with Gasteiger partial charge in [-0.25, -0.2) is 9.18 Å². The van der Waals surface area contributed by atoms with Gasteiger partial charge < -0.3 is 25.4 Å². The van der Waals surface area contributed by atoms with E-state index in [4.69, 9.17) is 20.6 Å². The third-order valence-corrected chi connectivity index (χ3v) is 6.85. The molecule has 3 amide bonds. The number of hydrogen-bond acceptors (Lipinski definition) is 6. The molecule has 0 aliphatic carbocycles. The topological polar surface area (TPSA) is 138 Å². The number of benzene rings is 2. The summed E-state index contributed by atoms with van der Waals surface area (Å²) in [6.07, 6.45) is -0.285. The Kier molecular flexibility index (Phi) is 7.29. The summed E-state index contributed by atoms with van der Waals surface area (Å²) in [6, 6.07) is 4.09. The van der Waals surface area contributed by atoms with Gasteiger partial charge in [0.15, 0.2) is 17.3 Å². The second-order valence-corrected chi connectivity index (χ2v) is 10.7. The van der Waals surface area contributed by atoms with Gasteiger partial charge in [0, 0.05) is 35.8 Å². The Hall–Kier alpha value is -4.15. The lowest BCUT2D eigenvalue weighted by Crippen LogP contribution is -2.45. The highest BCUT2D eigenvalue weighted by Crippen LogP contribution is 2.43. The van der Waals surface area contributed by atoms with Crippen molar-refractivity contribution in [2.45, 2.75) is 52.7 Å². The van der Waals surface area contributed by atoms with Gasteiger partial charge in [-0.3, -0.25) is 19.9 Å². The van der Waals surface area contributed by atoms with Crippen LogP contribution in [0.1, 0.15) is 72.0 Å². The fourth-order valence-electron chi connectivity index (χ4n) is 4.92. The zero-order chi connectivity index (χ0) is 28.8. The molecule has 0 bridgehead atoms. The number of ether oxygens (including phenoxy) is 2. The number of primary amides is 1. The molecule has 1 atom stereocenters. The number of nitrogens with one attached hydrogen (secondary N) is 2. The van der Waals surface area contributed by atoms with Gasteiger partial charge >= 0.3 is 6.03 Å². The van der Waals surface area contributed by atoms with Crippen molar-refractivity contribution in [2.75, 3.05) is 31.6 Å². The largest absolute Gasteiger partial charge is 0.490 e. The molecule has 10 nitrogen and oxygen atoms in total. The molecule has 0 fully saturated rings. The van der Waals surface area contributed by atoms with Crippen LogP contribution in [0.15, 0.2) is 18.2 Å². The molecular formula is C28H34FN5O5. The number of amidine groups is 1. The second kappa shape index (κ2) is 10.2. The van der Waals surface area contributed by atoms with Gasteiger partial charge in [-0.05, 0) is 37.5 Å². The third-order valence-electron chi connectivity index (χ3n) is 6.85. The molecule has 0 spiro atoms. The minimum atomic E-state index is -0.722. The van der Waals surface area contributed by atoms with E-state index in [0.29, 0.717) is 17.0 Å². The summed E-state index contributed by atoms with van der Waals surface area (Å²) in [4.78, 5) is 41.1. The van der Waals surface area contributed by atoms with E-state index < -0.39 is 23.2 Å². The Morgan fingerprint density at radius 3 is 2.54 bits per heavy atom. The summed E-state index contributed by atoms with van der Waals surface area (Å²) in [5.74, 6) is -1.34. The average molecular weight is 540 g/mol. The van der Waals surface area contributed by atoms with E-state index in [1.165, 1.54) is 22.9 Å². The summed E-state index contributed by atoms with van der Waals surface area (Å²) in [6.45, 7) is 9.59. The number of rotatable bonds is 6. The minimum Gasteiger partial charge on any atom is -0.490 e. The fourth-order valence-corrected chi connectivity index (χ4v) is 4.92. The average Bonchev–Trinajstić information content (AvgIpc) is 3.18. The molecule has 0 aromatic heterocycles. The highest BCUT2D eigenvalue weighted by Gasteiger charge is 2.36. The van der Waals surface area contributed by atoms with E-state index in [1.807, 2.05) is 27.7 Å². The smallest absolute Gasteiger partial charge is 0.319 e. The monoisotopic (exact) mass is 539 g/mol. The van der Waals surface area contributed by atoms with Gasteiger partial charge in [-0.1, -0.05) is 20.8 Å². The number of anilines is 1. The molecule has 0 radical (unpaired) electrons. The lowest BCUT2D eigenvalue weighted by Gasteiger charge is -2.36. The molecule has 208 valence electrons. The first kappa shape index (κ1) is 27.9. The number of halogens is 1. The van der Waals surface area contributed by atoms with Crippen molar-refractivity contribution in [3.63, 3.8) is 0 Å². The van der Waals surface area contributed by atoms with Crippen molar-refractivity contribution in [1.29, 1.82) is 5.41 Å². The lowest BCUT2D eigenvalue weighted by molar-refractivity contribution is 0.0952. The van der Waals surface area contributed by atoms with Gasteiger partial charge in [0.2, 0.25) is 0 Å². The molecular weight excluding hydrogens is 505 g/mol. The summed E-state index contributed by atoms with van der Waals surface area (Å²) in [7, 11) is 1.43. The summed E-state index contributed by atoms with van der Waals surface area (Å²) >= 11 is 0. The van der Waals surface area contributed by atoms with Gasteiger partial charge in [-0.2, -0.15) is 0 Å². The zero-order valence-electron chi connectivity index (χ0n) is 23.0. The third kappa shape index (κ3) is 5.00. The van der Waals surface area contributed by atoms with Gasteiger partial charge in [0.25, 0.3) is 5.91 Å². The van der Waals surface area contributed by atoms with Gasteiger partial charge in [-0.15, -0.1) is 0 Å². The van der Waals surface area contributed by atoms with Crippen molar-refractivity contribution < 1.29 is 28.2 Å². The molecule has 4 N–H and O–H groups in total. The van der Waals surface area contributed by atoms with Gasteiger partial charge in [0.1, 0.15) is 17.7 Å². The normalized spacial score (nSPS) is 16.4. The van der Waals surface area contributed by atoms with Crippen LogP contribution in [-0.4, -0.2) is 61.3 Å². The van der Waals surface area contributed by atoms with Crippen molar-refractivity contribution in [3.05, 3.63) is 51.8 Å². The van der Waals surface area contributed by atoms with Crippen LogP contribution in [0.2, 0.25) is 0 Å².